The van der Waals surface area contributed by atoms with Gasteiger partial charge in [-0.1, -0.05) is 29.8 Å². The molecular weight excluding hydrogens is 385 g/mol. The summed E-state index contributed by atoms with van der Waals surface area (Å²) in [6.07, 6.45) is -1.46. The molecule has 0 aliphatic carbocycles. The number of carbonyl (C=O) groups is 2. The summed E-state index contributed by atoms with van der Waals surface area (Å²) in [5.41, 5.74) is 2.01. The Bertz CT molecular complexity index is 924. The van der Waals surface area contributed by atoms with E-state index in [2.05, 4.69) is 5.32 Å². The number of sulfone groups is 1. The van der Waals surface area contributed by atoms with Gasteiger partial charge in [-0.05, 0) is 43.7 Å². The summed E-state index contributed by atoms with van der Waals surface area (Å²) in [4.78, 5) is 23.8. The fourth-order valence-corrected chi connectivity index (χ4v) is 3.55. The predicted octanol–water partition coefficient (Wildman–Crippen LogP) is 2.55. The first-order valence-electron chi connectivity index (χ1n) is 8.68. The number of carbonyl (C=O) groups excluding carboxylic acids is 2. The molecule has 28 heavy (non-hydrogen) atoms. The molecule has 0 bridgehead atoms. The summed E-state index contributed by atoms with van der Waals surface area (Å²) in [7, 11) is -3.75. The summed E-state index contributed by atoms with van der Waals surface area (Å²) in [5.74, 6) is -2.32. The molecule has 6 nitrogen and oxygen atoms in total. The third-order valence-corrected chi connectivity index (χ3v) is 5.74. The first-order chi connectivity index (χ1) is 13.2. The maximum atomic E-state index is 12.9. The third kappa shape index (κ3) is 6.45. The summed E-state index contributed by atoms with van der Waals surface area (Å²) >= 11 is 0. The monoisotopic (exact) mass is 407 g/mol. The van der Waals surface area contributed by atoms with Crippen molar-refractivity contribution in [3.05, 3.63) is 65.5 Å². The Morgan fingerprint density at radius 1 is 1.07 bits per heavy atom. The van der Waals surface area contributed by atoms with Crippen LogP contribution >= 0.6 is 0 Å². The molecule has 0 aliphatic rings. The maximum absolute atomic E-state index is 12.9. The highest BCUT2D eigenvalue weighted by atomic mass is 32.2. The van der Waals surface area contributed by atoms with Crippen LogP contribution in [0.15, 0.2) is 53.4 Å². The molecule has 0 unspecified atom stereocenters. The molecule has 0 radical (unpaired) electrons. The molecule has 0 saturated heterocycles. The van der Waals surface area contributed by atoms with Gasteiger partial charge >= 0.3 is 5.97 Å². The van der Waals surface area contributed by atoms with E-state index in [1.54, 1.807) is 0 Å². The van der Waals surface area contributed by atoms with Crippen molar-refractivity contribution in [1.82, 2.24) is 5.32 Å². The highest BCUT2D eigenvalue weighted by Crippen LogP contribution is 2.13. The third-order valence-electron chi connectivity index (χ3n) is 4.01. The van der Waals surface area contributed by atoms with Gasteiger partial charge in [0.2, 0.25) is 0 Å². The van der Waals surface area contributed by atoms with Gasteiger partial charge in [-0.25, -0.2) is 12.8 Å². The molecule has 0 spiro atoms. The lowest BCUT2D eigenvalue weighted by Crippen LogP contribution is -2.35. The van der Waals surface area contributed by atoms with E-state index in [4.69, 9.17) is 4.74 Å². The lowest BCUT2D eigenvalue weighted by atomic mass is 10.1. The molecule has 0 saturated carbocycles. The van der Waals surface area contributed by atoms with Gasteiger partial charge in [0.1, 0.15) is 5.82 Å². The molecule has 150 valence electrons. The van der Waals surface area contributed by atoms with Crippen molar-refractivity contribution in [2.45, 2.75) is 37.8 Å². The minimum Gasteiger partial charge on any atom is -0.453 e. The molecule has 2 aromatic rings. The summed E-state index contributed by atoms with van der Waals surface area (Å²) in [5, 5.41) is 2.66. The number of rotatable bonds is 8. The normalized spacial score (nSPS) is 12.2. The van der Waals surface area contributed by atoms with E-state index >= 15 is 0 Å². The number of ether oxygens (including phenoxy) is 1. The van der Waals surface area contributed by atoms with Crippen LogP contribution in [-0.4, -0.2) is 32.2 Å². The van der Waals surface area contributed by atoms with Crippen molar-refractivity contribution >= 4 is 21.7 Å². The lowest BCUT2D eigenvalue weighted by Gasteiger charge is -2.14. The number of hydrogen-bond donors (Lipinski definition) is 1. The largest absolute Gasteiger partial charge is 0.453 e. The number of halogens is 1. The van der Waals surface area contributed by atoms with Crippen LogP contribution in [-0.2, 0) is 30.7 Å². The highest BCUT2D eigenvalue weighted by Gasteiger charge is 2.21. The molecule has 2 rings (SSSR count). The van der Waals surface area contributed by atoms with Crippen LogP contribution in [0.25, 0.3) is 0 Å². The van der Waals surface area contributed by atoms with Gasteiger partial charge in [0.25, 0.3) is 5.91 Å². The summed E-state index contributed by atoms with van der Waals surface area (Å²) in [6.45, 7) is 3.66. The van der Waals surface area contributed by atoms with Gasteiger partial charge in [0, 0.05) is 6.54 Å². The zero-order valence-electron chi connectivity index (χ0n) is 15.6. The Morgan fingerprint density at radius 3 is 2.29 bits per heavy atom. The average molecular weight is 407 g/mol. The number of esters is 1. The Kier molecular flexibility index (Phi) is 7.28. The Labute approximate surface area is 163 Å². The van der Waals surface area contributed by atoms with E-state index in [1.165, 1.54) is 6.92 Å². The van der Waals surface area contributed by atoms with Crippen molar-refractivity contribution in [3.63, 3.8) is 0 Å². The second-order valence-corrected chi connectivity index (χ2v) is 8.47. The Morgan fingerprint density at radius 2 is 1.68 bits per heavy atom. The quantitative estimate of drug-likeness (QED) is 0.537. The maximum Gasteiger partial charge on any atom is 0.307 e. The molecule has 0 aliphatic heterocycles. The fourth-order valence-electron chi connectivity index (χ4n) is 2.33. The Balaban J connectivity index is 1.80. The van der Waals surface area contributed by atoms with Crippen molar-refractivity contribution in [3.8, 4) is 0 Å². The number of aryl methyl sites for hydroxylation is 1. The molecule has 2 aromatic carbocycles. The first-order valence-corrected chi connectivity index (χ1v) is 10.3. The standard InChI is InChI=1S/C20H22FNO5S/c1-14-3-5-16(6-4-14)13-22-20(24)15(2)27-19(23)11-12-28(25,26)18-9-7-17(21)8-10-18/h3-10,15H,11-13H2,1-2H3,(H,22,24)/t15-/m0/s1. The minimum absolute atomic E-state index is 0.0782. The number of hydrogen-bond acceptors (Lipinski definition) is 5. The smallest absolute Gasteiger partial charge is 0.307 e. The predicted molar refractivity (Wildman–Crippen MR) is 102 cm³/mol. The zero-order valence-corrected chi connectivity index (χ0v) is 16.5. The van der Waals surface area contributed by atoms with Crippen LogP contribution in [0.3, 0.4) is 0 Å². The number of benzene rings is 2. The molecule has 0 aromatic heterocycles. The van der Waals surface area contributed by atoms with Gasteiger partial charge in [0.05, 0.1) is 17.1 Å². The summed E-state index contributed by atoms with van der Waals surface area (Å²) in [6, 6.07) is 11.9. The fraction of sp³-hybridized carbons (Fsp3) is 0.300. The van der Waals surface area contributed by atoms with E-state index in [-0.39, 0.29) is 4.90 Å². The first kappa shape index (κ1) is 21.6. The van der Waals surface area contributed by atoms with Crippen LogP contribution in [0.4, 0.5) is 4.39 Å². The summed E-state index contributed by atoms with van der Waals surface area (Å²) < 4.78 is 42.2. The minimum atomic E-state index is -3.75. The van der Waals surface area contributed by atoms with E-state index in [9.17, 15) is 22.4 Å². The van der Waals surface area contributed by atoms with Crippen LogP contribution < -0.4 is 5.32 Å². The zero-order chi connectivity index (χ0) is 20.7. The number of amides is 1. The molecule has 8 heteroatoms. The van der Waals surface area contributed by atoms with Crippen molar-refractivity contribution < 1.29 is 27.1 Å². The van der Waals surface area contributed by atoms with E-state index < -0.39 is 45.8 Å². The number of nitrogens with one attached hydrogen (secondary N) is 1. The van der Waals surface area contributed by atoms with E-state index in [1.807, 2.05) is 31.2 Å². The van der Waals surface area contributed by atoms with Gasteiger partial charge in [0.15, 0.2) is 15.9 Å². The lowest BCUT2D eigenvalue weighted by molar-refractivity contribution is -0.154. The van der Waals surface area contributed by atoms with Gasteiger partial charge in [-0.3, -0.25) is 9.59 Å². The highest BCUT2D eigenvalue weighted by molar-refractivity contribution is 7.91. The van der Waals surface area contributed by atoms with Crippen LogP contribution in [0, 0.1) is 12.7 Å². The van der Waals surface area contributed by atoms with Crippen LogP contribution in [0.2, 0.25) is 0 Å². The van der Waals surface area contributed by atoms with Gasteiger partial charge < -0.3 is 10.1 Å². The molecular formula is C20H22FNO5S. The van der Waals surface area contributed by atoms with Gasteiger partial charge in [-0.15, -0.1) is 0 Å². The molecule has 1 amide bonds. The van der Waals surface area contributed by atoms with Crippen molar-refractivity contribution in [1.29, 1.82) is 0 Å². The SMILES string of the molecule is Cc1ccc(CNC(=O)[C@H](C)OC(=O)CCS(=O)(=O)c2ccc(F)cc2)cc1. The second-order valence-electron chi connectivity index (χ2n) is 6.36. The van der Waals surface area contributed by atoms with Crippen molar-refractivity contribution in [2.75, 3.05) is 5.75 Å². The van der Waals surface area contributed by atoms with E-state index in [0.29, 0.717) is 6.54 Å². The van der Waals surface area contributed by atoms with E-state index in [0.717, 1.165) is 35.4 Å². The Hall–Kier alpha value is -2.74. The molecule has 1 atom stereocenters. The average Bonchev–Trinajstić information content (AvgIpc) is 2.66. The molecule has 0 fully saturated rings. The van der Waals surface area contributed by atoms with Crippen LogP contribution in [0.1, 0.15) is 24.5 Å². The van der Waals surface area contributed by atoms with Crippen LogP contribution in [0.5, 0.6) is 0 Å². The van der Waals surface area contributed by atoms with Crippen molar-refractivity contribution in [2.24, 2.45) is 0 Å². The molecule has 1 N–H and O–H groups in total. The molecule has 0 heterocycles. The topological polar surface area (TPSA) is 89.5 Å². The van der Waals surface area contributed by atoms with Gasteiger partial charge in [-0.2, -0.15) is 0 Å². The second kappa shape index (κ2) is 9.45.